The largest absolute Gasteiger partial charge is 0.339 e. The van der Waals surface area contributed by atoms with Crippen LogP contribution in [0.15, 0.2) is 24.3 Å². The van der Waals surface area contributed by atoms with E-state index in [1.165, 1.54) is 0 Å². The molecule has 0 spiro atoms. The Morgan fingerprint density at radius 3 is 2.71 bits per heavy atom. The maximum absolute atomic E-state index is 5.03. The molecule has 3 heteroatoms. The molecule has 90 valence electrons. The Balaban J connectivity index is 2.31. The van der Waals surface area contributed by atoms with Crippen molar-refractivity contribution < 1.29 is 9.78 Å². The number of nitrogens with zero attached hydrogens (tertiary/aromatic N) is 1. The van der Waals surface area contributed by atoms with Crippen molar-refractivity contribution in [2.75, 3.05) is 13.2 Å². The molecule has 2 aromatic rings. The molecule has 0 N–H and O–H groups in total. The summed E-state index contributed by atoms with van der Waals surface area (Å²) in [6.07, 6.45) is 0. The highest BCUT2D eigenvalue weighted by atomic mass is 17.2. The van der Waals surface area contributed by atoms with Gasteiger partial charge in [0.05, 0.1) is 6.61 Å². The highest BCUT2D eigenvalue weighted by molar-refractivity contribution is 5.81. The van der Waals surface area contributed by atoms with Gasteiger partial charge in [-0.3, -0.25) is 0 Å². The zero-order valence-electron chi connectivity index (χ0n) is 10.1. The van der Waals surface area contributed by atoms with E-state index in [1.807, 2.05) is 19.1 Å². The third-order valence-electron chi connectivity index (χ3n) is 2.79. The number of hydrogen-bond donors (Lipinski definition) is 0. The second kappa shape index (κ2) is 5.17. The zero-order valence-corrected chi connectivity index (χ0v) is 10.1. The second-order valence-corrected chi connectivity index (χ2v) is 3.82. The Labute approximate surface area is 100 Å². The number of para-hydroxylation sites is 1. The first-order chi connectivity index (χ1) is 8.25. The van der Waals surface area contributed by atoms with Gasteiger partial charge in [0.15, 0.2) is 0 Å². The Bertz CT molecular complexity index is 600. The van der Waals surface area contributed by atoms with E-state index in [4.69, 9.17) is 9.78 Å². The first-order valence-electron chi connectivity index (χ1n) is 5.75. The highest BCUT2D eigenvalue weighted by Crippen LogP contribution is 2.07. The Hall–Kier alpha value is -1.58. The molecule has 1 aromatic carbocycles. The van der Waals surface area contributed by atoms with Crippen molar-refractivity contribution in [3.63, 3.8) is 0 Å². The van der Waals surface area contributed by atoms with Gasteiger partial charge in [0.25, 0.3) is 0 Å². The zero-order chi connectivity index (χ0) is 12.3. The summed E-state index contributed by atoms with van der Waals surface area (Å²) in [5.41, 5.74) is 1.14. The van der Waals surface area contributed by atoms with E-state index in [0.29, 0.717) is 13.2 Å². The number of hydrogen-bond acceptors (Lipinski definition) is 2. The van der Waals surface area contributed by atoms with Crippen LogP contribution < -0.4 is 10.6 Å². The fraction of sp³-hybridized carbons (Fsp3) is 0.286. The molecule has 0 radical (unpaired) electrons. The Kier molecular flexibility index (Phi) is 3.61. The second-order valence-electron chi connectivity index (χ2n) is 3.82. The van der Waals surface area contributed by atoms with Crippen LogP contribution in [0.3, 0.4) is 0 Å². The van der Waals surface area contributed by atoms with E-state index in [-0.39, 0.29) is 0 Å². The molecule has 0 aliphatic rings. The molecule has 0 bridgehead atoms. The van der Waals surface area contributed by atoms with Crippen molar-refractivity contribution in [3.8, 4) is 0 Å². The normalized spacial score (nSPS) is 11.1. The van der Waals surface area contributed by atoms with Crippen LogP contribution in [0.2, 0.25) is 0 Å². The van der Waals surface area contributed by atoms with Crippen molar-refractivity contribution in [1.29, 1.82) is 0 Å². The van der Waals surface area contributed by atoms with Crippen LogP contribution >= 0.6 is 0 Å². The van der Waals surface area contributed by atoms with Gasteiger partial charge in [-0.25, -0.2) is 9.78 Å². The lowest BCUT2D eigenvalue weighted by atomic mass is 10.2. The quantitative estimate of drug-likeness (QED) is 0.441. The van der Waals surface area contributed by atoms with Crippen LogP contribution in [-0.2, 0) is 16.3 Å². The minimum absolute atomic E-state index is 0.508. The van der Waals surface area contributed by atoms with E-state index in [1.54, 1.807) is 0 Å². The SMILES string of the molecule is C=c1c(=C)n(CCOOCC)c2ccccc12. The lowest BCUT2D eigenvalue weighted by molar-refractivity contribution is -0.292. The smallest absolute Gasteiger partial charge is 0.100 e. The molecule has 0 aliphatic heterocycles. The van der Waals surface area contributed by atoms with Crippen molar-refractivity contribution >= 4 is 24.1 Å². The van der Waals surface area contributed by atoms with E-state index in [9.17, 15) is 0 Å². The van der Waals surface area contributed by atoms with Gasteiger partial charge in [-0.15, -0.1) is 0 Å². The summed E-state index contributed by atoms with van der Waals surface area (Å²) in [6.45, 7) is 11.8. The first kappa shape index (κ1) is 11.9. The fourth-order valence-electron chi connectivity index (χ4n) is 1.95. The average molecular weight is 231 g/mol. The van der Waals surface area contributed by atoms with Gasteiger partial charge in [-0.2, -0.15) is 0 Å². The topological polar surface area (TPSA) is 23.4 Å². The summed E-state index contributed by atoms with van der Waals surface area (Å²) in [4.78, 5) is 9.90. The molecule has 0 fully saturated rings. The van der Waals surface area contributed by atoms with Crippen molar-refractivity contribution in [2.24, 2.45) is 0 Å². The van der Waals surface area contributed by atoms with E-state index in [2.05, 4.69) is 29.9 Å². The minimum atomic E-state index is 0.508. The molecule has 2 rings (SSSR count). The highest BCUT2D eigenvalue weighted by Gasteiger charge is 2.04. The van der Waals surface area contributed by atoms with E-state index < -0.39 is 0 Å². The number of aromatic nitrogens is 1. The molecule has 0 aliphatic carbocycles. The summed E-state index contributed by atoms with van der Waals surface area (Å²) in [5, 5.41) is 3.07. The van der Waals surface area contributed by atoms with Gasteiger partial charge in [0, 0.05) is 22.8 Å². The predicted molar refractivity (Wildman–Crippen MR) is 69.8 cm³/mol. The van der Waals surface area contributed by atoms with Gasteiger partial charge < -0.3 is 4.57 Å². The van der Waals surface area contributed by atoms with Crippen LogP contribution in [0.1, 0.15) is 6.92 Å². The van der Waals surface area contributed by atoms with Gasteiger partial charge >= 0.3 is 0 Å². The van der Waals surface area contributed by atoms with Crippen LogP contribution in [0.25, 0.3) is 24.1 Å². The first-order valence-corrected chi connectivity index (χ1v) is 5.75. The number of rotatable bonds is 5. The van der Waals surface area contributed by atoms with Crippen molar-refractivity contribution in [2.45, 2.75) is 13.5 Å². The van der Waals surface area contributed by atoms with Crippen LogP contribution in [0, 0.1) is 0 Å². The molecule has 0 unspecified atom stereocenters. The van der Waals surface area contributed by atoms with Crippen LogP contribution in [0.4, 0.5) is 0 Å². The summed E-state index contributed by atoms with van der Waals surface area (Å²) in [6, 6.07) is 8.16. The lowest BCUT2D eigenvalue weighted by Gasteiger charge is -2.05. The van der Waals surface area contributed by atoms with E-state index >= 15 is 0 Å². The molecular formula is C14H17NO2. The monoisotopic (exact) mass is 231 g/mol. The summed E-state index contributed by atoms with van der Waals surface area (Å²) >= 11 is 0. The average Bonchev–Trinajstić information content (AvgIpc) is 2.60. The molecule has 3 nitrogen and oxygen atoms in total. The molecule has 0 saturated heterocycles. The van der Waals surface area contributed by atoms with Crippen LogP contribution in [-0.4, -0.2) is 17.8 Å². The molecular weight excluding hydrogens is 214 g/mol. The van der Waals surface area contributed by atoms with Crippen molar-refractivity contribution in [3.05, 3.63) is 34.8 Å². The maximum Gasteiger partial charge on any atom is 0.100 e. The minimum Gasteiger partial charge on any atom is -0.339 e. The lowest BCUT2D eigenvalue weighted by Crippen LogP contribution is -2.27. The van der Waals surface area contributed by atoms with Gasteiger partial charge in [-0.05, 0) is 18.2 Å². The third-order valence-corrected chi connectivity index (χ3v) is 2.79. The summed E-state index contributed by atoms with van der Waals surface area (Å²) < 4.78 is 2.11. The Morgan fingerprint density at radius 1 is 1.18 bits per heavy atom. The maximum atomic E-state index is 5.03. The van der Waals surface area contributed by atoms with E-state index in [0.717, 1.165) is 28.0 Å². The third kappa shape index (κ3) is 2.25. The predicted octanol–water partition coefficient (Wildman–Crippen LogP) is 1.43. The molecule has 0 amide bonds. The molecule has 1 heterocycles. The molecule has 17 heavy (non-hydrogen) atoms. The standard InChI is InChI=1S/C14H17NO2/c1-4-16-17-10-9-15-12(3)11(2)13-7-5-6-8-14(13)15/h5-8H,2-4,9-10H2,1H3. The van der Waals surface area contributed by atoms with Crippen molar-refractivity contribution in [1.82, 2.24) is 4.57 Å². The summed E-state index contributed by atoms with van der Waals surface area (Å²) in [7, 11) is 0. The Morgan fingerprint density at radius 2 is 1.94 bits per heavy atom. The molecule has 1 aromatic heterocycles. The van der Waals surface area contributed by atoms with Gasteiger partial charge in [-0.1, -0.05) is 31.4 Å². The van der Waals surface area contributed by atoms with Crippen LogP contribution in [0.5, 0.6) is 0 Å². The summed E-state index contributed by atoms with van der Waals surface area (Å²) in [5.74, 6) is 0. The van der Waals surface area contributed by atoms with Gasteiger partial charge in [0.1, 0.15) is 6.61 Å². The number of fused-ring (bicyclic) bond motifs is 1. The molecule has 0 atom stereocenters. The van der Waals surface area contributed by atoms with Gasteiger partial charge in [0.2, 0.25) is 0 Å². The molecule has 0 saturated carbocycles. The fourth-order valence-corrected chi connectivity index (χ4v) is 1.95. The number of benzene rings is 1.